The summed E-state index contributed by atoms with van der Waals surface area (Å²) < 4.78 is 42.7. The first-order valence-corrected chi connectivity index (χ1v) is 15.9. The van der Waals surface area contributed by atoms with Crippen molar-refractivity contribution in [2.75, 3.05) is 10.8 Å². The van der Waals surface area contributed by atoms with Gasteiger partial charge in [-0.1, -0.05) is 55.2 Å². The number of hydrogen-bond donors (Lipinski definition) is 1. The monoisotopic (exact) mass is 593 g/mol. The lowest BCUT2D eigenvalue weighted by Gasteiger charge is -2.33. The van der Waals surface area contributed by atoms with Gasteiger partial charge in [-0.15, -0.1) is 0 Å². The zero-order valence-corrected chi connectivity index (χ0v) is 25.6. The van der Waals surface area contributed by atoms with Gasteiger partial charge in [0.2, 0.25) is 11.8 Å². The number of carbonyl (C=O) groups excluding carboxylic acids is 2. The van der Waals surface area contributed by atoms with Gasteiger partial charge in [0.25, 0.3) is 10.0 Å². The number of aryl methyl sites for hydroxylation is 3. The average Bonchev–Trinajstić information content (AvgIpc) is 2.97. The number of hydrogen-bond acceptors (Lipinski definition) is 4. The summed E-state index contributed by atoms with van der Waals surface area (Å²) in [5, 5.41) is 3.08. The lowest BCUT2D eigenvalue weighted by atomic mass is 9.95. The Morgan fingerprint density at radius 3 is 2.17 bits per heavy atom. The maximum Gasteiger partial charge on any atom is 0.264 e. The number of amides is 2. The highest BCUT2D eigenvalue weighted by atomic mass is 32.2. The third-order valence-corrected chi connectivity index (χ3v) is 9.84. The van der Waals surface area contributed by atoms with Gasteiger partial charge in [-0.2, -0.15) is 0 Å². The molecule has 2 amide bonds. The van der Waals surface area contributed by atoms with Crippen molar-refractivity contribution in [3.63, 3.8) is 0 Å². The van der Waals surface area contributed by atoms with Crippen molar-refractivity contribution in [2.24, 2.45) is 0 Å². The van der Waals surface area contributed by atoms with Gasteiger partial charge in [0.15, 0.2) is 0 Å². The SMILES string of the molecule is Cc1ccc(S(=O)(=O)N(CC(=O)N(Cc2ccc(F)cc2)[C@@H](C)C(=O)NC2CCCCC2)c2ccc(C)c(C)c2)cc1. The Bertz CT molecular complexity index is 1500. The molecule has 42 heavy (non-hydrogen) atoms. The lowest BCUT2D eigenvalue weighted by molar-refractivity contribution is -0.139. The molecule has 1 saturated carbocycles. The number of halogens is 1. The number of sulfonamides is 1. The summed E-state index contributed by atoms with van der Waals surface area (Å²) in [7, 11) is -4.14. The molecule has 1 N–H and O–H groups in total. The molecule has 0 heterocycles. The highest BCUT2D eigenvalue weighted by Crippen LogP contribution is 2.27. The van der Waals surface area contributed by atoms with Crippen LogP contribution < -0.4 is 9.62 Å². The molecule has 0 radical (unpaired) electrons. The predicted octanol–water partition coefficient (Wildman–Crippen LogP) is 5.81. The molecule has 0 spiro atoms. The van der Waals surface area contributed by atoms with Gasteiger partial charge >= 0.3 is 0 Å². The highest BCUT2D eigenvalue weighted by Gasteiger charge is 2.33. The third kappa shape index (κ3) is 7.56. The van der Waals surface area contributed by atoms with Crippen LogP contribution in [-0.4, -0.2) is 43.8 Å². The van der Waals surface area contributed by atoms with Crippen LogP contribution in [0.15, 0.2) is 71.6 Å². The summed E-state index contributed by atoms with van der Waals surface area (Å²) in [5.74, 6) is -1.25. The van der Waals surface area contributed by atoms with E-state index >= 15 is 0 Å². The van der Waals surface area contributed by atoms with Gasteiger partial charge in [-0.25, -0.2) is 12.8 Å². The summed E-state index contributed by atoms with van der Waals surface area (Å²) in [6, 6.07) is 16.6. The van der Waals surface area contributed by atoms with Gasteiger partial charge < -0.3 is 10.2 Å². The first-order chi connectivity index (χ1) is 20.0. The average molecular weight is 594 g/mol. The Kier molecular flexibility index (Phi) is 10.0. The number of anilines is 1. The Hall–Kier alpha value is -3.72. The molecule has 0 bridgehead atoms. The molecule has 1 aliphatic rings. The lowest BCUT2D eigenvalue weighted by Crippen LogP contribution is -2.53. The minimum absolute atomic E-state index is 0.0176. The highest BCUT2D eigenvalue weighted by molar-refractivity contribution is 7.92. The van der Waals surface area contributed by atoms with Crippen molar-refractivity contribution in [1.82, 2.24) is 10.2 Å². The van der Waals surface area contributed by atoms with Crippen molar-refractivity contribution >= 4 is 27.5 Å². The zero-order valence-electron chi connectivity index (χ0n) is 24.8. The molecule has 0 aromatic heterocycles. The number of nitrogens with one attached hydrogen (secondary N) is 1. The van der Waals surface area contributed by atoms with Gasteiger partial charge in [-0.3, -0.25) is 13.9 Å². The van der Waals surface area contributed by atoms with Gasteiger partial charge in [-0.05, 0) is 93.6 Å². The van der Waals surface area contributed by atoms with E-state index in [1.165, 1.54) is 29.2 Å². The first kappa shape index (κ1) is 31.2. The van der Waals surface area contributed by atoms with Crippen LogP contribution in [0.25, 0.3) is 0 Å². The Balaban J connectivity index is 1.69. The maximum atomic E-state index is 14.1. The second-order valence-corrected chi connectivity index (χ2v) is 13.1. The molecule has 3 aromatic rings. The van der Waals surface area contributed by atoms with Crippen LogP contribution in [0.1, 0.15) is 61.3 Å². The van der Waals surface area contributed by atoms with E-state index in [1.807, 2.05) is 26.8 Å². The van der Waals surface area contributed by atoms with E-state index in [0.29, 0.717) is 11.3 Å². The molecule has 3 aromatic carbocycles. The molecule has 9 heteroatoms. The second kappa shape index (κ2) is 13.5. The fourth-order valence-corrected chi connectivity index (χ4v) is 6.59. The number of rotatable bonds is 10. The van der Waals surface area contributed by atoms with Crippen molar-refractivity contribution in [1.29, 1.82) is 0 Å². The summed E-state index contributed by atoms with van der Waals surface area (Å²) >= 11 is 0. The van der Waals surface area contributed by atoms with Crippen LogP contribution >= 0.6 is 0 Å². The molecule has 0 saturated heterocycles. The van der Waals surface area contributed by atoms with Crippen LogP contribution in [0.5, 0.6) is 0 Å². The van der Waals surface area contributed by atoms with E-state index in [2.05, 4.69) is 5.32 Å². The smallest absolute Gasteiger partial charge is 0.264 e. The minimum atomic E-state index is -4.14. The molecular formula is C33H40FN3O4S. The molecule has 7 nitrogen and oxygen atoms in total. The van der Waals surface area contributed by atoms with Crippen LogP contribution in [-0.2, 0) is 26.2 Å². The van der Waals surface area contributed by atoms with Crippen LogP contribution in [0.3, 0.4) is 0 Å². The number of nitrogens with zero attached hydrogens (tertiary/aromatic N) is 2. The molecule has 0 aliphatic heterocycles. The van der Waals surface area contributed by atoms with E-state index < -0.39 is 34.3 Å². The maximum absolute atomic E-state index is 14.1. The van der Waals surface area contributed by atoms with Crippen molar-refractivity contribution < 1.29 is 22.4 Å². The molecule has 224 valence electrons. The molecule has 1 fully saturated rings. The number of benzene rings is 3. The van der Waals surface area contributed by atoms with E-state index in [0.717, 1.165) is 53.1 Å². The molecule has 1 aliphatic carbocycles. The van der Waals surface area contributed by atoms with E-state index in [-0.39, 0.29) is 23.4 Å². The molecule has 0 unspecified atom stereocenters. The van der Waals surface area contributed by atoms with Gasteiger partial charge in [0.05, 0.1) is 10.6 Å². The largest absolute Gasteiger partial charge is 0.352 e. The quantitative estimate of drug-likeness (QED) is 0.321. The topological polar surface area (TPSA) is 86.8 Å². The third-order valence-electron chi connectivity index (χ3n) is 8.05. The predicted molar refractivity (Wildman–Crippen MR) is 163 cm³/mol. The van der Waals surface area contributed by atoms with Gasteiger partial charge in [0.1, 0.15) is 18.4 Å². The Labute approximate surface area is 248 Å². The Morgan fingerprint density at radius 1 is 0.905 bits per heavy atom. The van der Waals surface area contributed by atoms with Crippen LogP contribution in [0.2, 0.25) is 0 Å². The van der Waals surface area contributed by atoms with E-state index in [4.69, 9.17) is 0 Å². The van der Waals surface area contributed by atoms with Crippen molar-refractivity contribution in [3.8, 4) is 0 Å². The van der Waals surface area contributed by atoms with E-state index in [9.17, 15) is 22.4 Å². The normalized spacial score (nSPS) is 14.7. The second-order valence-electron chi connectivity index (χ2n) is 11.3. The van der Waals surface area contributed by atoms with Gasteiger partial charge in [0, 0.05) is 12.6 Å². The Morgan fingerprint density at radius 2 is 1.55 bits per heavy atom. The molecule has 1 atom stereocenters. The summed E-state index contributed by atoms with van der Waals surface area (Å²) in [5.41, 5.74) is 3.76. The number of carbonyl (C=O) groups is 2. The fourth-order valence-electron chi connectivity index (χ4n) is 5.18. The zero-order chi connectivity index (χ0) is 30.4. The summed E-state index contributed by atoms with van der Waals surface area (Å²) in [6.07, 6.45) is 5.00. The summed E-state index contributed by atoms with van der Waals surface area (Å²) in [6.45, 7) is 6.84. The van der Waals surface area contributed by atoms with Crippen LogP contribution in [0.4, 0.5) is 10.1 Å². The molecular weight excluding hydrogens is 553 g/mol. The minimum Gasteiger partial charge on any atom is -0.352 e. The molecule has 4 rings (SSSR count). The standard InChI is InChI=1S/C33H40FN3O4S/c1-23-10-18-31(19-11-23)42(40,41)37(30-17-12-24(2)25(3)20-30)22-32(38)36(21-27-13-15-28(34)16-14-27)26(4)33(39)35-29-8-6-5-7-9-29/h10-20,26,29H,5-9,21-22H2,1-4H3,(H,35,39)/t26-/m0/s1. The first-order valence-electron chi connectivity index (χ1n) is 14.5. The summed E-state index contributed by atoms with van der Waals surface area (Å²) in [4.78, 5) is 28.9. The van der Waals surface area contributed by atoms with Crippen molar-refractivity contribution in [3.05, 3.63) is 94.8 Å². The van der Waals surface area contributed by atoms with E-state index in [1.54, 1.807) is 43.3 Å². The van der Waals surface area contributed by atoms with Crippen molar-refractivity contribution in [2.45, 2.75) is 83.3 Å². The van der Waals surface area contributed by atoms with Crippen LogP contribution in [0, 0.1) is 26.6 Å². The fraction of sp³-hybridized carbons (Fsp3) is 0.394.